The molecule has 162 valence electrons. The molecule has 0 aromatic carbocycles. The number of β-lactam (4-membered cyclic amide) rings is 1. The molecule has 1 saturated heterocycles. The van der Waals surface area contributed by atoms with Crippen LogP contribution in [0.1, 0.15) is 19.8 Å². The number of carboxylic acid groups (broad SMARTS) is 1. The molecule has 1 aromatic rings. The second-order valence-corrected chi connectivity index (χ2v) is 9.14. The van der Waals surface area contributed by atoms with Crippen LogP contribution < -0.4 is 16.4 Å². The summed E-state index contributed by atoms with van der Waals surface area (Å²) in [6.07, 6.45) is 0.961. The average molecular weight is 473 g/mol. The van der Waals surface area contributed by atoms with E-state index in [9.17, 15) is 19.5 Å². The van der Waals surface area contributed by atoms with Crippen molar-refractivity contribution < 1.29 is 19.5 Å². The molecule has 2 aliphatic heterocycles. The van der Waals surface area contributed by atoms with Gasteiger partial charge in [0.25, 0.3) is 5.91 Å². The van der Waals surface area contributed by atoms with Crippen LogP contribution in [0.4, 0.5) is 4.79 Å². The first kappa shape index (κ1) is 22.3. The minimum absolute atomic E-state index is 0.0516. The Morgan fingerprint density at radius 1 is 1.53 bits per heavy atom. The molecule has 2 unspecified atom stereocenters. The summed E-state index contributed by atoms with van der Waals surface area (Å²) in [5.74, 6) is -1.14. The van der Waals surface area contributed by atoms with Gasteiger partial charge in [-0.15, -0.1) is 22.0 Å². The molecule has 0 spiro atoms. The van der Waals surface area contributed by atoms with Gasteiger partial charge < -0.3 is 21.5 Å². The van der Waals surface area contributed by atoms with E-state index in [1.54, 1.807) is 0 Å². The van der Waals surface area contributed by atoms with Crippen molar-refractivity contribution in [3.63, 3.8) is 0 Å². The lowest BCUT2D eigenvalue weighted by atomic mass is 10.0. The molecule has 0 saturated carbocycles. The molecule has 3 heterocycles. The van der Waals surface area contributed by atoms with Gasteiger partial charge in [-0.1, -0.05) is 30.9 Å². The monoisotopic (exact) mass is 472 g/mol. The quantitative estimate of drug-likeness (QED) is 0.180. The third-order valence-corrected chi connectivity index (χ3v) is 7.40. The Bertz CT molecular complexity index is 877. The van der Waals surface area contributed by atoms with Crippen LogP contribution in [0.15, 0.2) is 16.4 Å². The van der Waals surface area contributed by atoms with Crippen molar-refractivity contribution in [3.8, 4) is 0 Å². The summed E-state index contributed by atoms with van der Waals surface area (Å²) in [6.45, 7) is 2.10. The van der Waals surface area contributed by atoms with Gasteiger partial charge in [0.15, 0.2) is 0 Å². The zero-order chi connectivity index (χ0) is 21.8. The molecular weight excluding hydrogens is 452 g/mol. The molecule has 1 aromatic heterocycles. The molecule has 2 aliphatic rings. The first-order chi connectivity index (χ1) is 14.3. The smallest absolute Gasteiger partial charge is 0.352 e. The van der Waals surface area contributed by atoms with E-state index in [0.717, 1.165) is 0 Å². The van der Waals surface area contributed by atoms with E-state index in [1.807, 2.05) is 6.92 Å². The number of thiocarbonyl (C=S) groups is 1. The molecule has 15 heteroatoms. The molecule has 6 N–H and O–H groups in total. The zero-order valence-electron chi connectivity index (χ0n) is 15.8. The zero-order valence-corrected chi connectivity index (χ0v) is 18.3. The Hall–Kier alpha value is -2.39. The van der Waals surface area contributed by atoms with Crippen LogP contribution in [0.5, 0.6) is 0 Å². The summed E-state index contributed by atoms with van der Waals surface area (Å²) in [5.41, 5.74) is 5.62. The van der Waals surface area contributed by atoms with E-state index >= 15 is 0 Å². The van der Waals surface area contributed by atoms with Gasteiger partial charge in [-0.05, 0) is 23.6 Å². The number of urea groups is 1. The number of thioether (sulfide) groups is 2. The van der Waals surface area contributed by atoms with Gasteiger partial charge >= 0.3 is 12.0 Å². The first-order valence-corrected chi connectivity index (χ1v) is 11.3. The van der Waals surface area contributed by atoms with Crippen LogP contribution in [-0.4, -0.2) is 82.5 Å². The van der Waals surface area contributed by atoms with Crippen LogP contribution in [0.25, 0.3) is 0 Å². The summed E-state index contributed by atoms with van der Waals surface area (Å²) in [4.78, 5) is 37.7. The van der Waals surface area contributed by atoms with Crippen molar-refractivity contribution in [2.45, 2.75) is 41.6 Å². The van der Waals surface area contributed by atoms with E-state index in [0.29, 0.717) is 34.3 Å². The molecule has 0 bridgehead atoms. The molecule has 12 nitrogen and oxygen atoms in total. The Kier molecular flexibility index (Phi) is 7.14. The van der Waals surface area contributed by atoms with Crippen LogP contribution in [0, 0.1) is 0 Å². The number of nitrogens with two attached hydrogens (primary N) is 1. The molecule has 3 rings (SSSR count). The average Bonchev–Trinajstić information content (AvgIpc) is 3.22. The number of nitrogens with one attached hydrogen (secondary N) is 3. The minimum Gasteiger partial charge on any atom is -0.477 e. The number of carbonyl (C=O) groups is 3. The van der Waals surface area contributed by atoms with Crippen LogP contribution >= 0.6 is 35.7 Å². The Morgan fingerprint density at radius 3 is 2.90 bits per heavy atom. The van der Waals surface area contributed by atoms with E-state index in [1.165, 1.54) is 28.4 Å². The SMILES string of the molecule is CCC(=S)NC1C(=O)N2C(C(=O)O)=C(C(CCNC(N)=O)Sc3nn[nH]n3)CS[C@H]12. The highest BCUT2D eigenvalue weighted by atomic mass is 32.2. The standard InChI is InChI=1S/C15H20N8O4S3/c1-2-8(28)18-9-11(24)23-10(13(25)26)6(5-29-12(9)23)7(3-4-17-14(16)27)30-15-19-21-22-20-15/h7,9,12H,2-5H2,1H3,(H,18,28)(H,25,26)(H3,16,17,27)(H,19,20,21,22)/t7?,9?,12-/m1/s1. The lowest BCUT2D eigenvalue weighted by Crippen LogP contribution is -2.70. The summed E-state index contributed by atoms with van der Waals surface area (Å²) in [6, 6.07) is -1.22. The summed E-state index contributed by atoms with van der Waals surface area (Å²) >= 11 is 7.83. The first-order valence-electron chi connectivity index (χ1n) is 8.97. The number of tetrazole rings is 1. The number of hydrogen-bond acceptors (Lipinski definition) is 9. The second kappa shape index (κ2) is 9.61. The van der Waals surface area contributed by atoms with Crippen molar-refractivity contribution in [2.24, 2.45) is 5.73 Å². The van der Waals surface area contributed by atoms with Gasteiger partial charge in [0, 0.05) is 17.5 Å². The van der Waals surface area contributed by atoms with Gasteiger partial charge in [0.1, 0.15) is 17.1 Å². The third-order valence-electron chi connectivity index (χ3n) is 4.51. The summed E-state index contributed by atoms with van der Waals surface area (Å²) < 4.78 is 0. The molecular formula is C15H20N8O4S3. The molecule has 1 fully saturated rings. The van der Waals surface area contributed by atoms with Gasteiger partial charge in [-0.3, -0.25) is 9.69 Å². The van der Waals surface area contributed by atoms with Crippen molar-refractivity contribution in [2.75, 3.05) is 12.3 Å². The normalized spacial score (nSPS) is 21.5. The van der Waals surface area contributed by atoms with Gasteiger partial charge in [0.05, 0.1) is 4.99 Å². The Labute approximate surface area is 185 Å². The number of aromatic nitrogens is 4. The predicted molar refractivity (Wildman–Crippen MR) is 114 cm³/mol. The summed E-state index contributed by atoms with van der Waals surface area (Å²) in [5, 5.41) is 28.6. The number of aliphatic carboxylic acids is 1. The minimum atomic E-state index is -1.19. The lowest BCUT2D eigenvalue weighted by molar-refractivity contribution is -0.148. The highest BCUT2D eigenvalue weighted by Crippen LogP contribution is 2.44. The number of nitrogens with zero attached hydrogens (tertiary/aromatic N) is 4. The second-order valence-electron chi connectivity index (χ2n) is 6.37. The van der Waals surface area contributed by atoms with E-state index in [-0.39, 0.29) is 23.5 Å². The van der Waals surface area contributed by atoms with Crippen molar-refractivity contribution in [1.82, 2.24) is 36.2 Å². The summed E-state index contributed by atoms with van der Waals surface area (Å²) in [7, 11) is 0. The fourth-order valence-corrected chi connectivity index (χ4v) is 5.79. The fourth-order valence-electron chi connectivity index (χ4n) is 3.13. The number of aromatic amines is 1. The van der Waals surface area contributed by atoms with Gasteiger partial charge in [-0.25, -0.2) is 9.59 Å². The topological polar surface area (TPSA) is 179 Å². The molecule has 30 heavy (non-hydrogen) atoms. The van der Waals surface area contributed by atoms with Crippen molar-refractivity contribution >= 4 is 58.6 Å². The van der Waals surface area contributed by atoms with E-state index in [4.69, 9.17) is 18.0 Å². The van der Waals surface area contributed by atoms with Crippen LogP contribution in [0.3, 0.4) is 0 Å². The van der Waals surface area contributed by atoms with Gasteiger partial charge in [-0.2, -0.15) is 5.21 Å². The van der Waals surface area contributed by atoms with Crippen molar-refractivity contribution in [1.29, 1.82) is 0 Å². The maximum atomic E-state index is 12.7. The number of primary amides is 1. The fraction of sp³-hybridized carbons (Fsp3) is 0.533. The van der Waals surface area contributed by atoms with E-state index < -0.39 is 23.3 Å². The lowest BCUT2D eigenvalue weighted by Gasteiger charge is -2.50. The highest BCUT2D eigenvalue weighted by Gasteiger charge is 2.54. The number of rotatable bonds is 9. The Balaban J connectivity index is 1.87. The maximum absolute atomic E-state index is 12.7. The number of H-pyrrole nitrogens is 1. The highest BCUT2D eigenvalue weighted by molar-refractivity contribution is 8.01. The number of carbonyl (C=O) groups excluding carboxylic acids is 2. The van der Waals surface area contributed by atoms with E-state index in [2.05, 4.69) is 31.3 Å². The number of hydrogen-bond donors (Lipinski definition) is 5. The molecule has 0 aliphatic carbocycles. The number of carboxylic acids is 1. The maximum Gasteiger partial charge on any atom is 0.352 e. The molecule has 3 atom stereocenters. The number of amides is 3. The number of fused-ring (bicyclic) bond motifs is 1. The molecule has 0 radical (unpaired) electrons. The van der Waals surface area contributed by atoms with Crippen molar-refractivity contribution in [3.05, 3.63) is 11.3 Å². The largest absolute Gasteiger partial charge is 0.477 e. The van der Waals surface area contributed by atoms with Crippen LogP contribution in [-0.2, 0) is 9.59 Å². The Morgan fingerprint density at radius 2 is 2.30 bits per heavy atom. The predicted octanol–water partition coefficient (Wildman–Crippen LogP) is -0.332. The van der Waals surface area contributed by atoms with Crippen LogP contribution in [0.2, 0.25) is 0 Å². The molecule has 3 amide bonds. The third kappa shape index (κ3) is 4.67. The van der Waals surface area contributed by atoms with Gasteiger partial charge in [0.2, 0.25) is 5.16 Å².